The molecule has 0 bridgehead atoms. The summed E-state index contributed by atoms with van der Waals surface area (Å²) < 4.78 is 25.7. The van der Waals surface area contributed by atoms with Crippen LogP contribution in [0.15, 0.2) is 60.7 Å². The Labute approximate surface area is 156 Å². The summed E-state index contributed by atoms with van der Waals surface area (Å²) >= 11 is 0. The van der Waals surface area contributed by atoms with Gasteiger partial charge in [0.25, 0.3) is 0 Å². The Morgan fingerprint density at radius 3 is 1.93 bits per heavy atom. The Kier molecular flexibility index (Phi) is 7.05. The van der Waals surface area contributed by atoms with Crippen molar-refractivity contribution >= 4 is 23.3 Å². The van der Waals surface area contributed by atoms with Crippen molar-refractivity contribution in [3.8, 4) is 0 Å². The van der Waals surface area contributed by atoms with Gasteiger partial charge in [-0.3, -0.25) is 4.79 Å². The fourth-order valence-corrected chi connectivity index (χ4v) is 2.23. The fraction of sp³-hybridized carbons (Fsp3) is 0.200. The van der Waals surface area contributed by atoms with Crippen LogP contribution in [0.25, 0.3) is 0 Å². The van der Waals surface area contributed by atoms with Crippen molar-refractivity contribution in [3.05, 3.63) is 72.3 Å². The number of hydrogen-bond donors (Lipinski definition) is 3. The van der Waals surface area contributed by atoms with Crippen LogP contribution < -0.4 is 16.0 Å². The zero-order valence-corrected chi connectivity index (χ0v) is 14.9. The molecule has 7 heteroatoms. The van der Waals surface area contributed by atoms with E-state index in [4.69, 9.17) is 0 Å². The quantitative estimate of drug-likeness (QED) is 0.633. The lowest BCUT2D eigenvalue weighted by Gasteiger charge is -2.15. The fourth-order valence-electron chi connectivity index (χ4n) is 2.23. The summed E-state index contributed by atoms with van der Waals surface area (Å²) in [5, 5.41) is 7.91. The highest BCUT2D eigenvalue weighted by Gasteiger charge is 2.16. The van der Waals surface area contributed by atoms with Crippen LogP contribution in [0.5, 0.6) is 0 Å². The van der Waals surface area contributed by atoms with Crippen LogP contribution >= 0.6 is 0 Å². The maximum atomic E-state index is 12.9. The van der Waals surface area contributed by atoms with Crippen molar-refractivity contribution in [1.82, 2.24) is 5.32 Å². The zero-order valence-electron chi connectivity index (χ0n) is 14.9. The predicted molar refractivity (Wildman–Crippen MR) is 101 cm³/mol. The summed E-state index contributed by atoms with van der Waals surface area (Å²) in [4.78, 5) is 24.0. The van der Waals surface area contributed by atoms with Crippen molar-refractivity contribution in [2.75, 3.05) is 17.2 Å². The Morgan fingerprint density at radius 1 is 0.926 bits per heavy atom. The summed E-state index contributed by atoms with van der Waals surface area (Å²) in [6.07, 6.45) is 0.412. The van der Waals surface area contributed by atoms with Crippen LogP contribution in [0.3, 0.4) is 0 Å². The van der Waals surface area contributed by atoms with Gasteiger partial charge < -0.3 is 16.0 Å². The monoisotopic (exact) mass is 373 g/mol. The zero-order chi connectivity index (χ0) is 19.8. The van der Waals surface area contributed by atoms with Crippen LogP contribution in [-0.2, 0) is 4.79 Å². The van der Waals surface area contributed by atoms with Crippen molar-refractivity contribution in [1.29, 1.82) is 0 Å². The van der Waals surface area contributed by atoms with Gasteiger partial charge in [0.15, 0.2) is 0 Å². The van der Waals surface area contributed by atoms with Crippen molar-refractivity contribution in [2.45, 2.75) is 13.3 Å². The van der Waals surface area contributed by atoms with E-state index in [-0.39, 0.29) is 17.5 Å². The number of anilines is 2. The van der Waals surface area contributed by atoms with E-state index < -0.39 is 11.9 Å². The largest absolute Gasteiger partial charge is 0.338 e. The molecule has 2 aromatic rings. The lowest BCUT2D eigenvalue weighted by atomic mass is 9.99. The highest BCUT2D eigenvalue weighted by molar-refractivity contribution is 5.94. The van der Waals surface area contributed by atoms with E-state index in [9.17, 15) is 18.4 Å². The first-order valence-electron chi connectivity index (χ1n) is 8.39. The Balaban J connectivity index is 1.73. The van der Waals surface area contributed by atoms with Gasteiger partial charge in [-0.2, -0.15) is 0 Å². The van der Waals surface area contributed by atoms with Crippen LogP contribution in [0, 0.1) is 17.6 Å². The topological polar surface area (TPSA) is 70.2 Å². The number of nitrogens with one attached hydrogen (secondary N) is 3. The molecule has 3 N–H and O–H groups in total. The molecule has 0 radical (unpaired) electrons. The summed E-state index contributed by atoms with van der Waals surface area (Å²) in [5.41, 5.74) is 1.62. The number of carbonyl (C=O) groups excluding carboxylic acids is 2. The molecule has 2 aromatic carbocycles. The highest BCUT2D eigenvalue weighted by atomic mass is 19.1. The van der Waals surface area contributed by atoms with Gasteiger partial charge in [-0.25, -0.2) is 13.6 Å². The van der Waals surface area contributed by atoms with Crippen LogP contribution in [0.2, 0.25) is 0 Å². The third-order valence-electron chi connectivity index (χ3n) is 3.95. The van der Waals surface area contributed by atoms with E-state index in [0.29, 0.717) is 29.9 Å². The van der Waals surface area contributed by atoms with E-state index in [0.717, 1.165) is 0 Å². The molecule has 142 valence electrons. The third-order valence-corrected chi connectivity index (χ3v) is 3.95. The molecule has 27 heavy (non-hydrogen) atoms. The van der Waals surface area contributed by atoms with Crippen molar-refractivity contribution < 1.29 is 18.4 Å². The average Bonchev–Trinajstić information content (AvgIpc) is 2.64. The predicted octanol–water partition coefficient (Wildman–Crippen LogP) is 4.31. The minimum absolute atomic E-state index is 0.262. The molecule has 0 unspecified atom stereocenters. The van der Waals surface area contributed by atoms with Crippen molar-refractivity contribution in [3.63, 3.8) is 0 Å². The SMILES string of the molecule is C=C(CCNC(=O)Nc1ccc(F)cc1)[C@H](C)C(=O)Nc1ccc(F)cc1. The van der Waals surface area contributed by atoms with Gasteiger partial charge in [-0.1, -0.05) is 12.2 Å². The molecule has 0 aliphatic heterocycles. The molecule has 2 rings (SSSR count). The number of hydrogen-bond acceptors (Lipinski definition) is 2. The second kappa shape index (κ2) is 9.47. The maximum Gasteiger partial charge on any atom is 0.319 e. The van der Waals surface area contributed by atoms with E-state index in [1.165, 1.54) is 48.5 Å². The Morgan fingerprint density at radius 2 is 1.41 bits per heavy atom. The minimum atomic E-state index is -0.475. The van der Waals surface area contributed by atoms with Crippen LogP contribution in [0.1, 0.15) is 13.3 Å². The van der Waals surface area contributed by atoms with Gasteiger partial charge >= 0.3 is 6.03 Å². The summed E-state index contributed by atoms with van der Waals surface area (Å²) in [5.74, 6) is -1.50. The van der Waals surface area contributed by atoms with E-state index in [2.05, 4.69) is 22.5 Å². The first-order valence-corrected chi connectivity index (χ1v) is 8.39. The van der Waals surface area contributed by atoms with Crippen LogP contribution in [0.4, 0.5) is 25.0 Å². The maximum absolute atomic E-state index is 12.9. The molecule has 5 nitrogen and oxygen atoms in total. The third kappa shape index (κ3) is 6.54. The number of amides is 3. The van der Waals surface area contributed by atoms with E-state index >= 15 is 0 Å². The minimum Gasteiger partial charge on any atom is -0.338 e. The number of benzene rings is 2. The van der Waals surface area contributed by atoms with Gasteiger partial charge in [0, 0.05) is 17.9 Å². The number of carbonyl (C=O) groups is 2. The van der Waals surface area contributed by atoms with Crippen LogP contribution in [-0.4, -0.2) is 18.5 Å². The molecular weight excluding hydrogens is 352 g/mol. The van der Waals surface area contributed by atoms with Gasteiger partial charge in [-0.15, -0.1) is 0 Å². The summed E-state index contributed by atoms with van der Waals surface area (Å²) in [7, 11) is 0. The summed E-state index contributed by atoms with van der Waals surface area (Å²) in [6.45, 7) is 5.89. The molecule has 3 amide bonds. The molecule has 0 fully saturated rings. The second-order valence-corrected chi connectivity index (χ2v) is 6.01. The average molecular weight is 373 g/mol. The lowest BCUT2D eigenvalue weighted by molar-refractivity contribution is -0.118. The van der Waals surface area contributed by atoms with E-state index in [1.807, 2.05) is 0 Å². The number of rotatable bonds is 7. The molecule has 0 heterocycles. The first-order chi connectivity index (χ1) is 12.8. The molecule has 0 aliphatic carbocycles. The molecule has 1 atom stereocenters. The molecule has 0 saturated carbocycles. The molecule has 0 aromatic heterocycles. The number of urea groups is 1. The Bertz CT molecular complexity index is 805. The normalized spacial score (nSPS) is 11.4. The number of halogens is 2. The molecular formula is C20H21F2N3O2. The van der Waals surface area contributed by atoms with Gasteiger partial charge in [-0.05, 0) is 61.9 Å². The van der Waals surface area contributed by atoms with Gasteiger partial charge in [0.1, 0.15) is 11.6 Å². The van der Waals surface area contributed by atoms with Crippen molar-refractivity contribution in [2.24, 2.45) is 5.92 Å². The smallest absolute Gasteiger partial charge is 0.319 e. The highest BCUT2D eigenvalue weighted by Crippen LogP contribution is 2.16. The van der Waals surface area contributed by atoms with E-state index in [1.54, 1.807) is 6.92 Å². The Hall–Kier alpha value is -3.22. The first kappa shape index (κ1) is 20.1. The van der Waals surface area contributed by atoms with Gasteiger partial charge in [0.05, 0.1) is 5.92 Å². The standard InChI is InChI=1S/C20H21F2N3O2/c1-13(14(2)19(26)24-17-7-3-15(21)4-8-17)11-12-23-20(27)25-18-9-5-16(22)6-10-18/h3-10,14H,1,11-12H2,2H3,(H,24,26)(H2,23,25,27)/t14-/m0/s1. The second-order valence-electron chi connectivity index (χ2n) is 6.01. The lowest BCUT2D eigenvalue weighted by Crippen LogP contribution is -2.30. The summed E-state index contributed by atoms with van der Waals surface area (Å²) in [6, 6.07) is 10.5. The molecule has 0 saturated heterocycles. The van der Waals surface area contributed by atoms with Gasteiger partial charge in [0.2, 0.25) is 5.91 Å². The molecule has 0 aliphatic rings. The molecule has 0 spiro atoms.